The average Bonchev–Trinajstić information content (AvgIpc) is 2.53. The molecule has 0 radical (unpaired) electrons. The van der Waals surface area contributed by atoms with Crippen LogP contribution in [-0.4, -0.2) is 54.7 Å². The second-order valence-corrected chi connectivity index (χ2v) is 5.59. The van der Waals surface area contributed by atoms with Crippen molar-refractivity contribution in [1.29, 1.82) is 0 Å². The topological polar surface area (TPSA) is 27.7 Å². The van der Waals surface area contributed by atoms with Crippen molar-refractivity contribution >= 4 is 17.3 Å². The second kappa shape index (κ2) is 8.10. The van der Waals surface area contributed by atoms with Crippen LogP contribution in [0.2, 0.25) is 0 Å². The zero-order chi connectivity index (χ0) is 15.9. The van der Waals surface area contributed by atoms with Gasteiger partial charge in [-0.05, 0) is 29.9 Å². The zero-order valence-corrected chi connectivity index (χ0v) is 13.7. The number of piperazine rings is 1. The molecule has 4 nitrogen and oxygen atoms in total. The first-order valence-electron chi connectivity index (χ1n) is 7.32. The number of hydrogen-bond donors (Lipinski definition) is 1. The summed E-state index contributed by atoms with van der Waals surface area (Å²) in [6.45, 7) is 8.66. The van der Waals surface area contributed by atoms with Crippen LogP contribution >= 0.6 is 12.2 Å². The molecule has 0 aliphatic carbocycles. The Kier molecular flexibility index (Phi) is 6.15. The van der Waals surface area contributed by atoms with Crippen LogP contribution in [0.25, 0.3) is 0 Å². The highest BCUT2D eigenvalue weighted by molar-refractivity contribution is 7.80. The van der Waals surface area contributed by atoms with E-state index in [1.54, 1.807) is 18.2 Å². The molecule has 0 spiro atoms. The summed E-state index contributed by atoms with van der Waals surface area (Å²) in [5.41, 5.74) is 0.958. The molecule has 1 aliphatic heterocycles. The van der Waals surface area contributed by atoms with Crippen LogP contribution in [0.1, 0.15) is 5.56 Å². The highest BCUT2D eigenvalue weighted by atomic mass is 32.1. The Morgan fingerprint density at radius 2 is 2.14 bits per heavy atom. The van der Waals surface area contributed by atoms with E-state index in [9.17, 15) is 4.39 Å². The van der Waals surface area contributed by atoms with Gasteiger partial charge in [0.1, 0.15) is 0 Å². The fourth-order valence-electron chi connectivity index (χ4n) is 2.45. The molecule has 22 heavy (non-hydrogen) atoms. The number of hydrogen-bond acceptors (Lipinski definition) is 3. The van der Waals surface area contributed by atoms with Crippen molar-refractivity contribution < 1.29 is 9.13 Å². The van der Waals surface area contributed by atoms with Gasteiger partial charge in [-0.1, -0.05) is 12.1 Å². The quantitative estimate of drug-likeness (QED) is 0.661. The number of ether oxygens (including phenoxy) is 1. The van der Waals surface area contributed by atoms with E-state index >= 15 is 0 Å². The van der Waals surface area contributed by atoms with Crippen molar-refractivity contribution in [2.75, 3.05) is 39.8 Å². The summed E-state index contributed by atoms with van der Waals surface area (Å²) < 4.78 is 18.6. The van der Waals surface area contributed by atoms with Gasteiger partial charge < -0.3 is 15.0 Å². The minimum absolute atomic E-state index is 0.284. The molecule has 0 unspecified atom stereocenters. The molecular weight excluding hydrogens is 301 g/mol. The number of halogens is 1. The van der Waals surface area contributed by atoms with Crippen LogP contribution in [0.4, 0.5) is 4.39 Å². The third-order valence-electron chi connectivity index (χ3n) is 3.68. The predicted octanol–water partition coefficient (Wildman–Crippen LogP) is 2.01. The molecule has 0 saturated carbocycles. The highest BCUT2D eigenvalue weighted by Crippen LogP contribution is 2.19. The summed E-state index contributed by atoms with van der Waals surface area (Å²) in [6.07, 6.45) is 1.79. The number of benzene rings is 1. The number of thiocarbonyl (C=S) groups is 1. The van der Waals surface area contributed by atoms with E-state index in [-0.39, 0.29) is 11.6 Å². The zero-order valence-electron chi connectivity index (χ0n) is 12.8. The van der Waals surface area contributed by atoms with Crippen LogP contribution in [0.5, 0.6) is 5.75 Å². The molecule has 1 aromatic carbocycles. The molecular formula is C16H22FN3OS. The molecule has 0 bridgehead atoms. The van der Waals surface area contributed by atoms with Crippen molar-refractivity contribution in [3.63, 3.8) is 0 Å². The molecule has 1 aromatic rings. The maximum Gasteiger partial charge on any atom is 0.169 e. The van der Waals surface area contributed by atoms with Gasteiger partial charge in [-0.15, -0.1) is 6.58 Å². The van der Waals surface area contributed by atoms with Crippen LogP contribution in [-0.2, 0) is 6.54 Å². The summed E-state index contributed by atoms with van der Waals surface area (Å²) in [4.78, 5) is 4.46. The molecule has 0 amide bonds. The molecule has 1 N–H and O–H groups in total. The van der Waals surface area contributed by atoms with E-state index < -0.39 is 0 Å². The van der Waals surface area contributed by atoms with Gasteiger partial charge in [0.25, 0.3) is 0 Å². The van der Waals surface area contributed by atoms with E-state index in [4.69, 9.17) is 17.0 Å². The summed E-state index contributed by atoms with van der Waals surface area (Å²) in [5, 5.41) is 3.92. The summed E-state index contributed by atoms with van der Waals surface area (Å²) in [6, 6.07) is 5.13. The number of nitrogens with zero attached hydrogens (tertiary/aromatic N) is 2. The maximum atomic E-state index is 13.7. The van der Waals surface area contributed by atoms with Crippen molar-refractivity contribution in [3.05, 3.63) is 42.2 Å². The lowest BCUT2D eigenvalue weighted by atomic mass is 10.2. The van der Waals surface area contributed by atoms with Gasteiger partial charge in [0.15, 0.2) is 16.7 Å². The Balaban J connectivity index is 1.83. The normalized spacial score (nSPS) is 15.5. The standard InChI is InChI=1S/C16H22FN3OS/c1-3-6-18-16(22)20-9-7-19(8-10-20)12-13-4-5-15(21-2)14(17)11-13/h3-5,11H,1,6-10,12H2,2H3,(H,18,22). The minimum atomic E-state index is -0.312. The van der Waals surface area contributed by atoms with E-state index in [0.29, 0.717) is 6.54 Å². The Labute approximate surface area is 136 Å². The Morgan fingerprint density at radius 1 is 1.41 bits per heavy atom. The molecule has 0 atom stereocenters. The SMILES string of the molecule is C=CCNC(=S)N1CCN(Cc2ccc(OC)c(F)c2)CC1. The summed E-state index contributed by atoms with van der Waals surface area (Å²) >= 11 is 5.34. The van der Waals surface area contributed by atoms with Gasteiger partial charge >= 0.3 is 0 Å². The number of methoxy groups -OCH3 is 1. The lowest BCUT2D eigenvalue weighted by Crippen LogP contribution is -2.51. The van der Waals surface area contributed by atoms with Crippen LogP contribution in [0.3, 0.4) is 0 Å². The van der Waals surface area contributed by atoms with Gasteiger partial charge in [-0.3, -0.25) is 4.90 Å². The molecule has 0 aromatic heterocycles. The number of nitrogens with one attached hydrogen (secondary N) is 1. The summed E-state index contributed by atoms with van der Waals surface area (Å²) in [5.74, 6) is -0.0272. The van der Waals surface area contributed by atoms with E-state index in [1.165, 1.54) is 7.11 Å². The molecule has 1 aliphatic rings. The van der Waals surface area contributed by atoms with Crippen molar-refractivity contribution in [3.8, 4) is 5.75 Å². The van der Waals surface area contributed by atoms with Gasteiger partial charge in [-0.2, -0.15) is 0 Å². The second-order valence-electron chi connectivity index (χ2n) is 5.21. The van der Waals surface area contributed by atoms with Gasteiger partial charge in [0.05, 0.1) is 7.11 Å². The fourth-order valence-corrected chi connectivity index (χ4v) is 2.71. The van der Waals surface area contributed by atoms with Gasteiger partial charge in [-0.25, -0.2) is 4.39 Å². The van der Waals surface area contributed by atoms with Crippen molar-refractivity contribution in [2.24, 2.45) is 0 Å². The molecule has 2 rings (SSSR count). The third kappa shape index (κ3) is 4.42. The van der Waals surface area contributed by atoms with Crippen molar-refractivity contribution in [2.45, 2.75) is 6.54 Å². The largest absolute Gasteiger partial charge is 0.494 e. The van der Waals surface area contributed by atoms with E-state index in [0.717, 1.165) is 43.4 Å². The minimum Gasteiger partial charge on any atom is -0.494 e. The first kappa shape index (κ1) is 16.7. The highest BCUT2D eigenvalue weighted by Gasteiger charge is 2.19. The third-order valence-corrected chi connectivity index (χ3v) is 4.08. The van der Waals surface area contributed by atoms with Crippen LogP contribution in [0, 0.1) is 5.82 Å². The smallest absolute Gasteiger partial charge is 0.169 e. The van der Waals surface area contributed by atoms with Gasteiger partial charge in [0, 0.05) is 39.3 Å². The average molecular weight is 323 g/mol. The first-order valence-corrected chi connectivity index (χ1v) is 7.73. The lowest BCUT2D eigenvalue weighted by molar-refractivity contribution is 0.174. The molecule has 1 fully saturated rings. The van der Waals surface area contributed by atoms with E-state index in [2.05, 4.69) is 21.7 Å². The monoisotopic (exact) mass is 323 g/mol. The van der Waals surface area contributed by atoms with Crippen LogP contribution in [0.15, 0.2) is 30.9 Å². The summed E-state index contributed by atoms with van der Waals surface area (Å²) in [7, 11) is 1.47. The molecule has 1 saturated heterocycles. The van der Waals surface area contributed by atoms with E-state index in [1.807, 2.05) is 6.07 Å². The lowest BCUT2D eigenvalue weighted by Gasteiger charge is -2.36. The Morgan fingerprint density at radius 3 is 2.73 bits per heavy atom. The molecule has 6 heteroatoms. The van der Waals surface area contributed by atoms with Crippen LogP contribution < -0.4 is 10.1 Å². The fraction of sp³-hybridized carbons (Fsp3) is 0.438. The number of rotatable bonds is 5. The van der Waals surface area contributed by atoms with Crippen molar-refractivity contribution in [1.82, 2.24) is 15.1 Å². The maximum absolute atomic E-state index is 13.7. The van der Waals surface area contributed by atoms with Gasteiger partial charge in [0.2, 0.25) is 0 Å². The predicted molar refractivity (Wildman–Crippen MR) is 90.6 cm³/mol. The first-order chi connectivity index (χ1) is 10.6. The Hall–Kier alpha value is -1.66. The molecule has 1 heterocycles. The Bertz CT molecular complexity index is 530. The molecule has 120 valence electrons.